The number of hydrogen-bond donors (Lipinski definition) is 1. The monoisotopic (exact) mass is 465 g/mol. The van der Waals surface area contributed by atoms with E-state index in [1.54, 1.807) is 24.3 Å². The number of hydrogen-bond acceptors (Lipinski definition) is 4. The van der Waals surface area contributed by atoms with Crippen LogP contribution in [0.15, 0.2) is 60.7 Å². The number of carbonyl (C=O) groups excluding carboxylic acids is 1. The van der Waals surface area contributed by atoms with Crippen molar-refractivity contribution in [3.8, 4) is 28.4 Å². The number of nitrogens with one attached hydrogen (secondary N) is 1. The lowest BCUT2D eigenvalue weighted by Gasteiger charge is -2.31. The molecule has 1 unspecified atom stereocenters. The van der Waals surface area contributed by atoms with Gasteiger partial charge in [0.15, 0.2) is 0 Å². The zero-order chi connectivity index (χ0) is 23.8. The maximum atomic E-state index is 14.5. The van der Waals surface area contributed by atoms with Crippen molar-refractivity contribution in [2.45, 2.75) is 18.6 Å². The Morgan fingerprint density at radius 3 is 2.55 bits per heavy atom. The summed E-state index contributed by atoms with van der Waals surface area (Å²) in [5.41, 5.74) is 0.714. The summed E-state index contributed by atoms with van der Waals surface area (Å²) in [6.45, 7) is -3.13. The molecule has 0 fully saturated rings. The van der Waals surface area contributed by atoms with Crippen LogP contribution >= 0.6 is 0 Å². The zero-order valence-corrected chi connectivity index (χ0v) is 17.0. The van der Waals surface area contributed by atoms with Gasteiger partial charge in [-0.1, -0.05) is 30.3 Å². The maximum Gasteiger partial charge on any atom is 0.387 e. The van der Waals surface area contributed by atoms with Crippen LogP contribution in [0.25, 0.3) is 11.1 Å². The number of methoxy groups -OCH3 is 1. The topological polar surface area (TPSA) is 56.8 Å². The fourth-order valence-electron chi connectivity index (χ4n) is 3.70. The number of halogens is 5. The van der Waals surface area contributed by atoms with Gasteiger partial charge in [0.25, 0.3) is 0 Å². The standard InChI is InChI=1S/C23H16F5NO4/c1-31-14-5-2-4-12(10-14)20-16-11-13(23(26,27)21(30)29-28)8-9-15(16)19-17(32-20)6-3-7-18(19)33-22(24)25/h2-11,20,22H,1H3,(H,29,30). The third-order valence-corrected chi connectivity index (χ3v) is 5.18. The second kappa shape index (κ2) is 8.61. The first-order valence-electron chi connectivity index (χ1n) is 9.58. The molecule has 1 aliphatic rings. The van der Waals surface area contributed by atoms with Crippen LogP contribution in [-0.4, -0.2) is 19.6 Å². The Hall–Kier alpha value is -3.82. The van der Waals surface area contributed by atoms with Crippen LogP contribution in [-0.2, 0) is 10.7 Å². The Morgan fingerprint density at radius 1 is 1.09 bits per heavy atom. The maximum absolute atomic E-state index is 14.5. The highest BCUT2D eigenvalue weighted by molar-refractivity contribution is 5.86. The first-order valence-corrected chi connectivity index (χ1v) is 9.58. The van der Waals surface area contributed by atoms with Crippen molar-refractivity contribution in [3.63, 3.8) is 0 Å². The predicted octanol–water partition coefficient (Wildman–Crippen LogP) is 5.54. The molecular weight excluding hydrogens is 449 g/mol. The minimum Gasteiger partial charge on any atom is -0.497 e. The highest BCUT2D eigenvalue weighted by atomic mass is 19.3. The molecule has 0 saturated carbocycles. The number of benzene rings is 3. The summed E-state index contributed by atoms with van der Waals surface area (Å²) >= 11 is 0. The van der Waals surface area contributed by atoms with Gasteiger partial charge >= 0.3 is 18.4 Å². The Kier molecular flexibility index (Phi) is 5.84. The smallest absolute Gasteiger partial charge is 0.387 e. The first kappa shape index (κ1) is 22.4. The largest absolute Gasteiger partial charge is 0.497 e. The summed E-state index contributed by atoms with van der Waals surface area (Å²) in [4.78, 5) is 11.4. The quantitative estimate of drug-likeness (QED) is 0.384. The van der Waals surface area contributed by atoms with Crippen LogP contribution in [0.5, 0.6) is 17.2 Å². The van der Waals surface area contributed by atoms with Crippen LogP contribution in [0.3, 0.4) is 0 Å². The van der Waals surface area contributed by atoms with Crippen LogP contribution in [0, 0.1) is 0 Å². The van der Waals surface area contributed by atoms with Crippen molar-refractivity contribution in [2.75, 3.05) is 7.11 Å². The van der Waals surface area contributed by atoms with E-state index in [1.165, 1.54) is 31.4 Å². The number of amides is 1. The Labute approximate surface area is 184 Å². The lowest BCUT2D eigenvalue weighted by molar-refractivity contribution is -0.151. The van der Waals surface area contributed by atoms with E-state index in [4.69, 9.17) is 9.47 Å². The minimum absolute atomic E-state index is 0.136. The predicted molar refractivity (Wildman–Crippen MR) is 107 cm³/mol. The summed E-state index contributed by atoms with van der Waals surface area (Å²) in [6, 6.07) is 14.0. The second-order valence-corrected chi connectivity index (χ2v) is 7.08. The normalized spacial score (nSPS) is 14.7. The molecule has 4 rings (SSSR count). The van der Waals surface area contributed by atoms with Crippen molar-refractivity contribution in [1.82, 2.24) is 5.54 Å². The molecule has 1 N–H and O–H groups in total. The third kappa shape index (κ3) is 4.04. The van der Waals surface area contributed by atoms with Gasteiger partial charge in [-0.05, 0) is 35.9 Å². The second-order valence-electron chi connectivity index (χ2n) is 7.08. The van der Waals surface area contributed by atoms with E-state index in [0.29, 0.717) is 16.9 Å². The van der Waals surface area contributed by atoms with Crippen LogP contribution < -0.4 is 19.7 Å². The fourth-order valence-corrected chi connectivity index (χ4v) is 3.70. The van der Waals surface area contributed by atoms with E-state index in [-0.39, 0.29) is 28.2 Å². The van der Waals surface area contributed by atoms with Crippen LogP contribution in [0.2, 0.25) is 0 Å². The van der Waals surface area contributed by atoms with Crippen LogP contribution in [0.1, 0.15) is 22.8 Å². The highest BCUT2D eigenvalue weighted by Crippen LogP contribution is 2.50. The first-order chi connectivity index (χ1) is 15.8. The molecule has 3 aromatic rings. The molecule has 10 heteroatoms. The molecule has 5 nitrogen and oxygen atoms in total. The van der Waals surface area contributed by atoms with Gasteiger partial charge in [-0.25, -0.2) is 0 Å². The highest BCUT2D eigenvalue weighted by Gasteiger charge is 2.43. The van der Waals surface area contributed by atoms with Gasteiger partial charge in [0.05, 0.1) is 12.7 Å². The molecule has 0 bridgehead atoms. The Morgan fingerprint density at radius 2 is 1.85 bits per heavy atom. The SMILES string of the molecule is COc1cccc(C2Oc3cccc(OC(F)F)c3-c3ccc(C(F)(F)C(=O)NF)cc32)c1. The number of ether oxygens (including phenoxy) is 3. The van der Waals surface area contributed by atoms with Crippen molar-refractivity contribution in [3.05, 3.63) is 77.4 Å². The molecule has 0 aliphatic carbocycles. The van der Waals surface area contributed by atoms with Crippen molar-refractivity contribution >= 4 is 5.91 Å². The molecular formula is C23H16F5NO4. The Bertz CT molecular complexity index is 1200. The lowest BCUT2D eigenvalue weighted by Crippen LogP contribution is -2.34. The molecule has 1 atom stereocenters. The third-order valence-electron chi connectivity index (χ3n) is 5.18. The molecule has 0 saturated heterocycles. The minimum atomic E-state index is -4.19. The van der Waals surface area contributed by atoms with E-state index >= 15 is 0 Å². The number of fused-ring (bicyclic) bond motifs is 3. The fraction of sp³-hybridized carbons (Fsp3) is 0.174. The van der Waals surface area contributed by atoms with Crippen molar-refractivity contribution in [1.29, 1.82) is 0 Å². The molecule has 3 aromatic carbocycles. The molecule has 1 amide bonds. The van der Waals surface area contributed by atoms with Gasteiger partial charge in [0.1, 0.15) is 23.4 Å². The van der Waals surface area contributed by atoms with E-state index in [0.717, 1.165) is 12.1 Å². The summed E-state index contributed by atoms with van der Waals surface area (Å²) in [7, 11) is 1.45. The number of alkyl halides is 4. The van der Waals surface area contributed by atoms with Gasteiger partial charge in [0.2, 0.25) is 0 Å². The van der Waals surface area contributed by atoms with E-state index in [9.17, 15) is 26.8 Å². The van der Waals surface area contributed by atoms with Crippen molar-refractivity contribution in [2.24, 2.45) is 0 Å². The summed E-state index contributed by atoms with van der Waals surface area (Å²) < 4.78 is 83.3. The number of rotatable bonds is 6. The van der Waals surface area contributed by atoms with Crippen molar-refractivity contribution < 1.29 is 41.0 Å². The molecule has 0 radical (unpaired) electrons. The zero-order valence-electron chi connectivity index (χ0n) is 17.0. The molecule has 1 heterocycles. The van der Waals surface area contributed by atoms with Gasteiger partial charge in [-0.2, -0.15) is 23.1 Å². The average molecular weight is 465 g/mol. The number of carbonyl (C=O) groups is 1. The van der Waals surface area contributed by atoms with Gasteiger partial charge < -0.3 is 14.2 Å². The molecule has 0 aromatic heterocycles. The van der Waals surface area contributed by atoms with Crippen LogP contribution in [0.4, 0.5) is 22.0 Å². The molecule has 0 spiro atoms. The Balaban J connectivity index is 1.94. The molecule has 1 aliphatic heterocycles. The average Bonchev–Trinajstić information content (AvgIpc) is 2.82. The summed E-state index contributed by atoms with van der Waals surface area (Å²) in [5.74, 6) is -5.89. The van der Waals surface area contributed by atoms with E-state index in [1.807, 2.05) is 0 Å². The lowest BCUT2D eigenvalue weighted by atomic mass is 9.87. The van der Waals surface area contributed by atoms with E-state index in [2.05, 4.69) is 4.74 Å². The molecule has 33 heavy (non-hydrogen) atoms. The van der Waals surface area contributed by atoms with Gasteiger partial charge in [-0.15, -0.1) is 4.48 Å². The van der Waals surface area contributed by atoms with Gasteiger partial charge in [0, 0.05) is 16.7 Å². The summed E-state index contributed by atoms with van der Waals surface area (Å²) in [6.07, 6.45) is -0.964. The van der Waals surface area contributed by atoms with Gasteiger partial charge in [-0.3, -0.25) is 4.79 Å². The molecule has 172 valence electrons. The van der Waals surface area contributed by atoms with E-state index < -0.39 is 30.1 Å². The summed E-state index contributed by atoms with van der Waals surface area (Å²) in [5, 5.41) is 0.